The number of carbonyl (C=O) groups is 1. The number of aryl methyl sites for hydroxylation is 1. The van der Waals surface area contributed by atoms with E-state index in [1.165, 1.54) is 23.8 Å². The molecule has 0 aliphatic carbocycles. The molecule has 110 valence electrons. The van der Waals surface area contributed by atoms with Gasteiger partial charge >= 0.3 is 6.61 Å². The fourth-order valence-corrected chi connectivity index (χ4v) is 2.03. The van der Waals surface area contributed by atoms with Crippen LogP contribution in [0.5, 0.6) is 5.75 Å². The molecule has 0 N–H and O–H groups in total. The molecule has 2 nitrogen and oxygen atoms in total. The van der Waals surface area contributed by atoms with Crippen molar-refractivity contribution in [2.75, 3.05) is 0 Å². The first-order chi connectivity index (χ1) is 10.1. The minimum atomic E-state index is -2.89. The van der Waals surface area contributed by atoms with Gasteiger partial charge in [-0.25, -0.2) is 0 Å². The standard InChI is InChI=1S/C17H16F2O2/c1-2-12-6-8-13(9-7-12)10-16(20)14-4-3-5-15(11-14)21-17(18)19/h3-9,11,17H,2,10H2,1H3. The van der Waals surface area contributed by atoms with Crippen molar-refractivity contribution in [1.29, 1.82) is 0 Å². The Kier molecular flexibility index (Phi) is 5.04. The molecule has 0 atom stereocenters. The van der Waals surface area contributed by atoms with Gasteiger partial charge in [-0.2, -0.15) is 8.78 Å². The number of Topliss-reactive ketones (excluding diaryl/α,β-unsaturated/α-hetero) is 1. The van der Waals surface area contributed by atoms with Crippen LogP contribution in [0, 0.1) is 0 Å². The molecule has 0 aliphatic rings. The lowest BCUT2D eigenvalue weighted by molar-refractivity contribution is -0.0498. The van der Waals surface area contributed by atoms with Gasteiger partial charge in [0, 0.05) is 12.0 Å². The van der Waals surface area contributed by atoms with Gasteiger partial charge in [-0.05, 0) is 29.7 Å². The molecule has 0 saturated heterocycles. The molecular weight excluding hydrogens is 274 g/mol. The molecule has 0 amide bonds. The molecule has 0 aromatic heterocycles. The highest BCUT2D eigenvalue weighted by molar-refractivity contribution is 5.97. The molecule has 2 rings (SSSR count). The Labute approximate surface area is 122 Å². The normalized spacial score (nSPS) is 10.7. The van der Waals surface area contributed by atoms with E-state index in [-0.39, 0.29) is 18.0 Å². The van der Waals surface area contributed by atoms with Gasteiger partial charge < -0.3 is 4.74 Å². The molecule has 0 radical (unpaired) electrons. The van der Waals surface area contributed by atoms with Crippen molar-refractivity contribution in [3.63, 3.8) is 0 Å². The summed E-state index contributed by atoms with van der Waals surface area (Å²) < 4.78 is 28.6. The van der Waals surface area contributed by atoms with E-state index >= 15 is 0 Å². The summed E-state index contributed by atoms with van der Waals surface area (Å²) in [6.45, 7) is -0.828. The van der Waals surface area contributed by atoms with Crippen LogP contribution >= 0.6 is 0 Å². The van der Waals surface area contributed by atoms with Crippen molar-refractivity contribution in [3.8, 4) is 5.75 Å². The van der Waals surface area contributed by atoms with E-state index in [9.17, 15) is 13.6 Å². The second-order valence-electron chi connectivity index (χ2n) is 4.68. The SMILES string of the molecule is CCc1ccc(CC(=O)c2cccc(OC(F)F)c2)cc1. The maximum absolute atomic E-state index is 12.2. The lowest BCUT2D eigenvalue weighted by atomic mass is 10.0. The van der Waals surface area contributed by atoms with E-state index < -0.39 is 6.61 Å². The first-order valence-electron chi connectivity index (χ1n) is 6.74. The van der Waals surface area contributed by atoms with Crippen molar-refractivity contribution in [2.45, 2.75) is 26.4 Å². The summed E-state index contributed by atoms with van der Waals surface area (Å²) in [6, 6.07) is 13.7. The van der Waals surface area contributed by atoms with Crippen LogP contribution in [-0.2, 0) is 12.8 Å². The Morgan fingerprint density at radius 2 is 1.76 bits per heavy atom. The smallest absolute Gasteiger partial charge is 0.387 e. The summed E-state index contributed by atoms with van der Waals surface area (Å²) in [7, 11) is 0. The van der Waals surface area contributed by atoms with Gasteiger partial charge in [-0.15, -0.1) is 0 Å². The molecule has 0 fully saturated rings. The van der Waals surface area contributed by atoms with E-state index in [0.717, 1.165) is 12.0 Å². The van der Waals surface area contributed by atoms with Crippen molar-refractivity contribution in [3.05, 3.63) is 65.2 Å². The van der Waals surface area contributed by atoms with E-state index in [1.807, 2.05) is 24.3 Å². The monoisotopic (exact) mass is 290 g/mol. The lowest BCUT2D eigenvalue weighted by Crippen LogP contribution is -2.06. The van der Waals surface area contributed by atoms with E-state index in [0.29, 0.717) is 5.56 Å². The number of hydrogen-bond donors (Lipinski definition) is 0. The number of halogens is 2. The fourth-order valence-electron chi connectivity index (χ4n) is 2.03. The van der Waals surface area contributed by atoms with Crippen molar-refractivity contribution in [1.82, 2.24) is 0 Å². The highest BCUT2D eigenvalue weighted by Crippen LogP contribution is 2.17. The van der Waals surface area contributed by atoms with Crippen LogP contribution in [0.1, 0.15) is 28.4 Å². The van der Waals surface area contributed by atoms with E-state index in [4.69, 9.17) is 0 Å². The fraction of sp³-hybridized carbons (Fsp3) is 0.235. The van der Waals surface area contributed by atoms with Crippen LogP contribution in [0.4, 0.5) is 8.78 Å². The Hall–Kier alpha value is -2.23. The molecule has 4 heteroatoms. The van der Waals surface area contributed by atoms with Gasteiger partial charge in [0.2, 0.25) is 0 Å². The zero-order chi connectivity index (χ0) is 15.2. The minimum absolute atomic E-state index is 0.00261. The average molecular weight is 290 g/mol. The number of carbonyl (C=O) groups excluding carboxylic acids is 1. The number of benzene rings is 2. The Morgan fingerprint density at radius 3 is 2.38 bits per heavy atom. The number of ether oxygens (including phenoxy) is 1. The van der Waals surface area contributed by atoms with Crippen LogP contribution in [0.25, 0.3) is 0 Å². The lowest BCUT2D eigenvalue weighted by Gasteiger charge is -2.07. The molecule has 0 heterocycles. The molecule has 0 saturated carbocycles. The molecule has 0 aliphatic heterocycles. The number of rotatable bonds is 6. The summed E-state index contributed by atoms with van der Waals surface area (Å²) in [5.74, 6) is -0.129. The van der Waals surface area contributed by atoms with Crippen LogP contribution in [-0.4, -0.2) is 12.4 Å². The van der Waals surface area contributed by atoms with Gasteiger partial charge in [0.25, 0.3) is 0 Å². The molecule has 0 spiro atoms. The van der Waals surface area contributed by atoms with Gasteiger partial charge in [-0.1, -0.05) is 43.3 Å². The highest BCUT2D eigenvalue weighted by atomic mass is 19.3. The molecule has 2 aromatic rings. The number of alkyl halides is 2. The predicted molar refractivity (Wildman–Crippen MR) is 76.9 cm³/mol. The second-order valence-corrected chi connectivity index (χ2v) is 4.68. The third-order valence-corrected chi connectivity index (χ3v) is 3.18. The summed E-state index contributed by atoms with van der Waals surface area (Å²) in [6.07, 6.45) is 1.18. The quantitative estimate of drug-likeness (QED) is 0.742. The van der Waals surface area contributed by atoms with Crippen LogP contribution in [0.2, 0.25) is 0 Å². The van der Waals surface area contributed by atoms with Gasteiger partial charge in [-0.3, -0.25) is 4.79 Å². The first-order valence-corrected chi connectivity index (χ1v) is 6.74. The summed E-state index contributed by atoms with van der Waals surface area (Å²) in [4.78, 5) is 12.2. The molecular formula is C17H16F2O2. The molecule has 21 heavy (non-hydrogen) atoms. The zero-order valence-corrected chi connectivity index (χ0v) is 11.7. The van der Waals surface area contributed by atoms with E-state index in [1.54, 1.807) is 6.07 Å². The zero-order valence-electron chi connectivity index (χ0n) is 11.7. The van der Waals surface area contributed by atoms with Crippen molar-refractivity contribution >= 4 is 5.78 Å². The van der Waals surface area contributed by atoms with Gasteiger partial charge in [0.05, 0.1) is 0 Å². The predicted octanol–water partition coefficient (Wildman–Crippen LogP) is 4.28. The largest absolute Gasteiger partial charge is 0.435 e. The Morgan fingerprint density at radius 1 is 1.10 bits per heavy atom. The van der Waals surface area contributed by atoms with Crippen LogP contribution < -0.4 is 4.74 Å². The summed E-state index contributed by atoms with van der Waals surface area (Å²) >= 11 is 0. The summed E-state index contributed by atoms with van der Waals surface area (Å²) in [5.41, 5.74) is 2.48. The maximum Gasteiger partial charge on any atom is 0.387 e. The Bertz CT molecular complexity index is 606. The minimum Gasteiger partial charge on any atom is -0.435 e. The van der Waals surface area contributed by atoms with E-state index in [2.05, 4.69) is 11.7 Å². The van der Waals surface area contributed by atoms with Gasteiger partial charge in [0.1, 0.15) is 5.75 Å². The topological polar surface area (TPSA) is 26.3 Å². The van der Waals surface area contributed by atoms with Gasteiger partial charge in [0.15, 0.2) is 5.78 Å². The van der Waals surface area contributed by atoms with Crippen LogP contribution in [0.3, 0.4) is 0 Å². The third kappa shape index (κ3) is 4.38. The number of hydrogen-bond acceptors (Lipinski definition) is 2. The molecule has 0 bridgehead atoms. The Balaban J connectivity index is 2.08. The average Bonchev–Trinajstić information content (AvgIpc) is 2.47. The third-order valence-electron chi connectivity index (χ3n) is 3.18. The van der Waals surface area contributed by atoms with Crippen molar-refractivity contribution < 1.29 is 18.3 Å². The second kappa shape index (κ2) is 6.97. The molecule has 2 aromatic carbocycles. The first kappa shape index (κ1) is 15.2. The maximum atomic E-state index is 12.2. The van der Waals surface area contributed by atoms with Crippen LogP contribution in [0.15, 0.2) is 48.5 Å². The number of ketones is 1. The highest BCUT2D eigenvalue weighted by Gasteiger charge is 2.10. The molecule has 0 unspecified atom stereocenters. The van der Waals surface area contributed by atoms with Crippen molar-refractivity contribution in [2.24, 2.45) is 0 Å². The summed E-state index contributed by atoms with van der Waals surface area (Å²) in [5, 5.41) is 0.